The molecule has 166 valence electrons. The quantitative estimate of drug-likeness (QED) is 0.674. The third kappa shape index (κ3) is 3.57. The summed E-state index contributed by atoms with van der Waals surface area (Å²) in [5.41, 5.74) is 3.92. The van der Waals surface area contributed by atoms with Gasteiger partial charge in [-0.05, 0) is 50.5 Å². The van der Waals surface area contributed by atoms with Crippen molar-refractivity contribution in [2.45, 2.75) is 39.7 Å². The Labute approximate surface area is 186 Å². The number of amides is 2. The first kappa shape index (κ1) is 20.4. The molecule has 2 aliphatic heterocycles. The molecule has 0 spiro atoms. The SMILES string of the molecule is Cc1ccc(N2C[C@@H](C(=O)N[C@@H]3CCN(c4nccn5c(C)nnc45)C3)CC2=O)cc1C. The van der Waals surface area contributed by atoms with E-state index < -0.39 is 0 Å². The van der Waals surface area contributed by atoms with E-state index >= 15 is 0 Å². The fourth-order valence-corrected chi connectivity index (χ4v) is 4.57. The summed E-state index contributed by atoms with van der Waals surface area (Å²) in [4.78, 5) is 33.9. The number of nitrogens with one attached hydrogen (secondary N) is 1. The highest BCUT2D eigenvalue weighted by Gasteiger charge is 2.37. The first-order valence-corrected chi connectivity index (χ1v) is 11.0. The lowest BCUT2D eigenvalue weighted by Crippen LogP contribution is -2.41. The van der Waals surface area contributed by atoms with E-state index in [4.69, 9.17) is 0 Å². The predicted octanol–water partition coefficient (Wildman–Crippen LogP) is 1.80. The third-order valence-corrected chi connectivity index (χ3v) is 6.61. The molecule has 2 atom stereocenters. The van der Waals surface area contributed by atoms with Crippen molar-refractivity contribution in [3.05, 3.63) is 47.5 Å². The molecule has 9 nitrogen and oxygen atoms in total. The molecule has 2 saturated heterocycles. The normalized spacial score (nSPS) is 21.0. The average Bonchev–Trinajstić information content (AvgIpc) is 3.49. The zero-order chi connectivity index (χ0) is 22.4. The standard InChI is InChI=1S/C23H27N7O2/c1-14-4-5-19(10-15(14)2)30-12-17(11-20(30)31)23(32)25-18-6-8-28(13-18)21-22-27-26-16(3)29(22)9-7-24-21/h4-5,7,9-10,17-18H,6,8,11-13H2,1-3H3,(H,25,32)/t17-,18+/m0/s1. The minimum absolute atomic E-state index is 0.000457. The van der Waals surface area contributed by atoms with Crippen LogP contribution in [0.2, 0.25) is 0 Å². The molecule has 2 fully saturated rings. The average molecular weight is 434 g/mol. The second kappa shape index (κ2) is 7.89. The summed E-state index contributed by atoms with van der Waals surface area (Å²) in [6.07, 6.45) is 4.66. The van der Waals surface area contributed by atoms with E-state index in [1.807, 2.05) is 49.6 Å². The lowest BCUT2D eigenvalue weighted by Gasteiger charge is -2.20. The number of hydrogen-bond donors (Lipinski definition) is 1. The maximum Gasteiger partial charge on any atom is 0.227 e. The van der Waals surface area contributed by atoms with Gasteiger partial charge in [0.15, 0.2) is 5.82 Å². The summed E-state index contributed by atoms with van der Waals surface area (Å²) < 4.78 is 1.92. The van der Waals surface area contributed by atoms with Crippen LogP contribution in [0.3, 0.4) is 0 Å². The van der Waals surface area contributed by atoms with E-state index in [-0.39, 0.29) is 30.2 Å². The molecule has 0 aliphatic carbocycles. The number of rotatable bonds is 4. The summed E-state index contributed by atoms with van der Waals surface area (Å²) in [6, 6.07) is 6.00. The van der Waals surface area contributed by atoms with E-state index in [2.05, 4.69) is 25.4 Å². The number of benzene rings is 1. The largest absolute Gasteiger partial charge is 0.351 e. The van der Waals surface area contributed by atoms with Crippen LogP contribution in [-0.4, -0.2) is 57.1 Å². The number of carbonyl (C=O) groups excluding carboxylic acids is 2. The van der Waals surface area contributed by atoms with Crippen LogP contribution in [0.5, 0.6) is 0 Å². The van der Waals surface area contributed by atoms with Crippen molar-refractivity contribution < 1.29 is 9.59 Å². The molecule has 1 aromatic carbocycles. The lowest BCUT2D eigenvalue weighted by molar-refractivity contribution is -0.126. The maximum atomic E-state index is 13.0. The second-order valence-corrected chi connectivity index (χ2v) is 8.81. The van der Waals surface area contributed by atoms with Crippen LogP contribution in [0.1, 0.15) is 29.8 Å². The van der Waals surface area contributed by atoms with Crippen molar-refractivity contribution in [2.24, 2.45) is 5.92 Å². The highest BCUT2D eigenvalue weighted by Crippen LogP contribution is 2.28. The number of hydrogen-bond acceptors (Lipinski definition) is 6. The van der Waals surface area contributed by atoms with Gasteiger partial charge in [-0.1, -0.05) is 6.07 Å². The molecule has 0 unspecified atom stereocenters. The minimum Gasteiger partial charge on any atom is -0.351 e. The number of fused-ring (bicyclic) bond motifs is 1. The molecule has 32 heavy (non-hydrogen) atoms. The predicted molar refractivity (Wildman–Crippen MR) is 121 cm³/mol. The molecular weight excluding hydrogens is 406 g/mol. The van der Waals surface area contributed by atoms with Gasteiger partial charge in [-0.2, -0.15) is 0 Å². The summed E-state index contributed by atoms with van der Waals surface area (Å²) >= 11 is 0. The fraction of sp³-hybridized carbons (Fsp3) is 0.435. The van der Waals surface area contributed by atoms with Gasteiger partial charge in [0.2, 0.25) is 17.5 Å². The number of nitrogens with zero attached hydrogens (tertiary/aromatic N) is 6. The molecule has 0 radical (unpaired) electrons. The van der Waals surface area contributed by atoms with Gasteiger partial charge in [-0.25, -0.2) is 4.98 Å². The van der Waals surface area contributed by atoms with Gasteiger partial charge in [-0.3, -0.25) is 14.0 Å². The number of aryl methyl sites for hydroxylation is 3. The van der Waals surface area contributed by atoms with Gasteiger partial charge in [-0.15, -0.1) is 10.2 Å². The molecule has 1 N–H and O–H groups in total. The lowest BCUT2D eigenvalue weighted by atomic mass is 10.1. The Hall–Kier alpha value is -3.49. The molecular formula is C23H27N7O2. The maximum absolute atomic E-state index is 13.0. The van der Waals surface area contributed by atoms with Crippen LogP contribution < -0.4 is 15.1 Å². The monoisotopic (exact) mass is 433 g/mol. The Balaban J connectivity index is 1.23. The molecule has 2 aromatic heterocycles. The minimum atomic E-state index is -0.334. The number of aromatic nitrogens is 4. The Morgan fingerprint density at radius 1 is 1.12 bits per heavy atom. The molecule has 3 aromatic rings. The summed E-state index contributed by atoms with van der Waals surface area (Å²) in [5.74, 6) is 1.20. The summed E-state index contributed by atoms with van der Waals surface area (Å²) in [5, 5.41) is 11.5. The van der Waals surface area contributed by atoms with Crippen LogP contribution in [0, 0.1) is 26.7 Å². The van der Waals surface area contributed by atoms with Gasteiger partial charge in [0.25, 0.3) is 0 Å². The highest BCUT2D eigenvalue weighted by molar-refractivity contribution is 6.00. The molecule has 5 rings (SSSR count). The van der Waals surface area contributed by atoms with E-state index in [0.717, 1.165) is 41.5 Å². The zero-order valence-corrected chi connectivity index (χ0v) is 18.6. The van der Waals surface area contributed by atoms with Crippen molar-refractivity contribution in [1.29, 1.82) is 0 Å². The molecule has 9 heteroatoms. The van der Waals surface area contributed by atoms with Crippen LogP contribution in [-0.2, 0) is 9.59 Å². The summed E-state index contributed by atoms with van der Waals surface area (Å²) in [7, 11) is 0. The highest BCUT2D eigenvalue weighted by atomic mass is 16.2. The van der Waals surface area contributed by atoms with Crippen LogP contribution >= 0.6 is 0 Å². The topological polar surface area (TPSA) is 95.7 Å². The first-order valence-electron chi connectivity index (χ1n) is 11.0. The molecule has 0 saturated carbocycles. The second-order valence-electron chi connectivity index (χ2n) is 8.81. The third-order valence-electron chi connectivity index (χ3n) is 6.61. The molecule has 2 aliphatic rings. The van der Waals surface area contributed by atoms with Crippen molar-refractivity contribution in [3.63, 3.8) is 0 Å². The Morgan fingerprint density at radius 3 is 2.78 bits per heavy atom. The van der Waals surface area contributed by atoms with E-state index in [1.165, 1.54) is 5.56 Å². The van der Waals surface area contributed by atoms with Crippen molar-refractivity contribution in [3.8, 4) is 0 Å². The van der Waals surface area contributed by atoms with Crippen molar-refractivity contribution >= 4 is 29.0 Å². The van der Waals surface area contributed by atoms with Crippen LogP contribution in [0.4, 0.5) is 11.5 Å². The Bertz CT molecular complexity index is 1200. The van der Waals surface area contributed by atoms with Crippen molar-refractivity contribution in [1.82, 2.24) is 24.9 Å². The number of carbonyl (C=O) groups is 2. The van der Waals surface area contributed by atoms with Gasteiger partial charge >= 0.3 is 0 Å². The van der Waals surface area contributed by atoms with E-state index in [0.29, 0.717) is 13.1 Å². The molecule has 0 bridgehead atoms. The molecule has 2 amide bonds. The van der Waals surface area contributed by atoms with Gasteiger partial charge in [0.1, 0.15) is 5.82 Å². The van der Waals surface area contributed by atoms with Gasteiger partial charge in [0.05, 0.1) is 5.92 Å². The smallest absolute Gasteiger partial charge is 0.227 e. The van der Waals surface area contributed by atoms with Gasteiger partial charge < -0.3 is 15.1 Å². The Morgan fingerprint density at radius 2 is 1.97 bits per heavy atom. The number of anilines is 2. The first-order chi connectivity index (χ1) is 15.4. The van der Waals surface area contributed by atoms with E-state index in [1.54, 1.807) is 11.1 Å². The summed E-state index contributed by atoms with van der Waals surface area (Å²) in [6.45, 7) is 7.84. The van der Waals surface area contributed by atoms with Crippen LogP contribution in [0.15, 0.2) is 30.6 Å². The van der Waals surface area contributed by atoms with Gasteiger partial charge in [0, 0.05) is 50.2 Å². The molecule has 4 heterocycles. The fourth-order valence-electron chi connectivity index (χ4n) is 4.57. The zero-order valence-electron chi connectivity index (χ0n) is 18.6. The Kier molecular flexibility index (Phi) is 5.03. The van der Waals surface area contributed by atoms with E-state index in [9.17, 15) is 9.59 Å². The van der Waals surface area contributed by atoms with Crippen molar-refractivity contribution in [2.75, 3.05) is 29.4 Å². The van der Waals surface area contributed by atoms with Crippen LogP contribution in [0.25, 0.3) is 5.65 Å².